The fraction of sp³-hybridized carbons (Fsp3) is 0.739. The summed E-state index contributed by atoms with van der Waals surface area (Å²) in [6.07, 6.45) is 9.61. The lowest BCUT2D eigenvalue weighted by atomic mass is 9.89. The zero-order valence-electron chi connectivity index (χ0n) is 17.7. The summed E-state index contributed by atoms with van der Waals surface area (Å²) >= 11 is 0. The molecule has 0 spiro atoms. The van der Waals surface area contributed by atoms with Gasteiger partial charge in [0.1, 0.15) is 6.10 Å². The van der Waals surface area contributed by atoms with E-state index in [2.05, 4.69) is 12.2 Å². The summed E-state index contributed by atoms with van der Waals surface area (Å²) in [6, 6.07) is 0. The molecule has 4 nitrogen and oxygen atoms in total. The number of alkyl halides is 2. The van der Waals surface area contributed by atoms with Crippen LogP contribution in [0.15, 0.2) is 24.3 Å². The van der Waals surface area contributed by atoms with Gasteiger partial charge in [0.25, 0.3) is 0 Å². The van der Waals surface area contributed by atoms with E-state index >= 15 is 0 Å². The Bertz CT molecular complexity index is 612. The molecule has 6 heteroatoms. The van der Waals surface area contributed by atoms with Gasteiger partial charge in [-0.2, -0.15) is 8.78 Å². The molecule has 0 amide bonds. The molecule has 0 radical (unpaired) electrons. The van der Waals surface area contributed by atoms with Gasteiger partial charge in [-0.25, -0.2) is 0 Å². The number of carbonyl (C=O) groups excluding carboxylic acids is 2. The molecular formula is C23H34F2O4. The van der Waals surface area contributed by atoms with E-state index in [-0.39, 0.29) is 36.1 Å². The predicted molar refractivity (Wildman–Crippen MR) is 108 cm³/mol. The molecule has 1 aliphatic heterocycles. The van der Waals surface area contributed by atoms with Gasteiger partial charge in [-0.15, -0.1) is 0 Å². The lowest BCUT2D eigenvalue weighted by Crippen LogP contribution is -2.29. The first kappa shape index (κ1) is 23.7. The van der Waals surface area contributed by atoms with Crippen molar-refractivity contribution in [1.82, 2.24) is 0 Å². The van der Waals surface area contributed by atoms with Crippen molar-refractivity contribution >= 4 is 11.8 Å². The van der Waals surface area contributed by atoms with Crippen LogP contribution in [0.5, 0.6) is 0 Å². The third-order valence-corrected chi connectivity index (χ3v) is 5.60. The molecule has 0 aromatic carbocycles. The number of halogens is 2. The summed E-state index contributed by atoms with van der Waals surface area (Å²) in [5.41, 5.74) is 0. The molecule has 1 heterocycles. The van der Waals surface area contributed by atoms with Crippen LogP contribution in [-0.2, 0) is 19.1 Å². The molecule has 0 N–H and O–H groups in total. The summed E-state index contributed by atoms with van der Waals surface area (Å²) in [5, 5.41) is 0. The van der Waals surface area contributed by atoms with Crippen molar-refractivity contribution in [3.8, 4) is 0 Å². The minimum atomic E-state index is -3.35. The summed E-state index contributed by atoms with van der Waals surface area (Å²) in [7, 11) is 0. The molecule has 1 fully saturated rings. The Morgan fingerprint density at radius 1 is 1.38 bits per heavy atom. The van der Waals surface area contributed by atoms with Crippen molar-refractivity contribution in [3.05, 3.63) is 24.3 Å². The van der Waals surface area contributed by atoms with Crippen LogP contribution in [0, 0.1) is 11.8 Å². The molecule has 0 aromatic rings. The van der Waals surface area contributed by atoms with Crippen LogP contribution in [0.25, 0.3) is 0 Å². The Kier molecular flexibility index (Phi) is 9.00. The summed E-state index contributed by atoms with van der Waals surface area (Å²) < 4.78 is 39.9. The Balaban J connectivity index is 2.22. The zero-order chi connectivity index (χ0) is 21.4. The van der Waals surface area contributed by atoms with Gasteiger partial charge in [0.05, 0.1) is 12.2 Å². The largest absolute Gasteiger partial charge is 0.462 e. The highest BCUT2D eigenvalue weighted by molar-refractivity contribution is 5.95. The van der Waals surface area contributed by atoms with Crippen LogP contribution in [0.2, 0.25) is 0 Å². The maximum absolute atomic E-state index is 14.1. The van der Waals surface area contributed by atoms with Crippen molar-refractivity contribution in [3.63, 3.8) is 0 Å². The smallest absolute Gasteiger partial charge is 0.309 e. The van der Waals surface area contributed by atoms with E-state index in [4.69, 9.17) is 9.47 Å². The number of ether oxygens (including phenoxy) is 2. The topological polar surface area (TPSA) is 52.6 Å². The van der Waals surface area contributed by atoms with E-state index in [0.717, 1.165) is 18.9 Å². The lowest BCUT2D eigenvalue weighted by Gasteiger charge is -2.25. The number of esters is 1. The Labute approximate surface area is 172 Å². The predicted octanol–water partition coefficient (Wildman–Crippen LogP) is 5.41. The second-order valence-corrected chi connectivity index (χ2v) is 8.36. The summed E-state index contributed by atoms with van der Waals surface area (Å²) in [5.74, 6) is -5.09. The number of hydrogen-bond donors (Lipinski definition) is 0. The van der Waals surface area contributed by atoms with Gasteiger partial charge in [-0.1, -0.05) is 31.6 Å². The summed E-state index contributed by atoms with van der Waals surface area (Å²) in [4.78, 5) is 24.2. The molecule has 0 bridgehead atoms. The van der Waals surface area contributed by atoms with Crippen molar-refractivity contribution < 1.29 is 27.8 Å². The van der Waals surface area contributed by atoms with E-state index < -0.39 is 18.1 Å². The minimum Gasteiger partial charge on any atom is -0.462 e. The lowest BCUT2D eigenvalue weighted by molar-refractivity contribution is -0.151. The number of allylic oxidation sites excluding steroid dienone is 3. The van der Waals surface area contributed by atoms with Crippen molar-refractivity contribution in [2.45, 2.75) is 96.4 Å². The third-order valence-electron chi connectivity index (χ3n) is 5.60. The molecule has 0 saturated heterocycles. The van der Waals surface area contributed by atoms with E-state index in [0.29, 0.717) is 32.1 Å². The number of fused-ring (bicyclic) bond motifs is 1. The van der Waals surface area contributed by atoms with Gasteiger partial charge >= 0.3 is 11.9 Å². The average molecular weight is 413 g/mol. The first-order valence-corrected chi connectivity index (χ1v) is 10.8. The monoisotopic (exact) mass is 412 g/mol. The van der Waals surface area contributed by atoms with Gasteiger partial charge in [-0.3, -0.25) is 9.59 Å². The minimum absolute atomic E-state index is 0.0566. The highest BCUT2D eigenvalue weighted by atomic mass is 19.3. The molecule has 0 unspecified atom stereocenters. The van der Waals surface area contributed by atoms with Crippen molar-refractivity contribution in [2.75, 3.05) is 0 Å². The molecule has 2 rings (SSSR count). The van der Waals surface area contributed by atoms with Crippen LogP contribution < -0.4 is 0 Å². The van der Waals surface area contributed by atoms with E-state index in [1.54, 1.807) is 6.08 Å². The van der Waals surface area contributed by atoms with Gasteiger partial charge < -0.3 is 9.47 Å². The van der Waals surface area contributed by atoms with Gasteiger partial charge in [0, 0.05) is 31.1 Å². The quantitative estimate of drug-likeness (QED) is 0.304. The SMILES string of the molecule is CCCCC(F)(F)C(=O)/C=C/[C@@H]1[C@H]2C/C=C\CCCC(=O)O[C@H]2C[C@H]1OC(C)C. The molecule has 1 aliphatic carbocycles. The van der Waals surface area contributed by atoms with E-state index in [1.807, 2.05) is 20.8 Å². The van der Waals surface area contributed by atoms with Gasteiger partial charge in [0.2, 0.25) is 5.78 Å². The van der Waals surface area contributed by atoms with Crippen molar-refractivity contribution in [1.29, 1.82) is 0 Å². The van der Waals surface area contributed by atoms with Crippen LogP contribution in [-0.4, -0.2) is 36.0 Å². The van der Waals surface area contributed by atoms with Crippen LogP contribution >= 0.6 is 0 Å². The number of carbonyl (C=O) groups is 2. The Hall–Kier alpha value is -1.56. The molecule has 4 atom stereocenters. The third kappa shape index (κ3) is 7.02. The fourth-order valence-electron chi connectivity index (χ4n) is 4.10. The first-order chi connectivity index (χ1) is 13.7. The molecule has 164 valence electrons. The highest BCUT2D eigenvalue weighted by Gasteiger charge is 2.45. The van der Waals surface area contributed by atoms with Crippen LogP contribution in [0.4, 0.5) is 8.78 Å². The molecule has 29 heavy (non-hydrogen) atoms. The number of unbranched alkanes of at least 4 members (excludes halogenated alkanes) is 1. The second kappa shape index (κ2) is 11.0. The van der Waals surface area contributed by atoms with E-state index in [1.165, 1.54) is 0 Å². The first-order valence-electron chi connectivity index (χ1n) is 10.8. The fourth-order valence-corrected chi connectivity index (χ4v) is 4.10. The summed E-state index contributed by atoms with van der Waals surface area (Å²) in [6.45, 7) is 5.64. The van der Waals surface area contributed by atoms with Crippen LogP contribution in [0.3, 0.4) is 0 Å². The van der Waals surface area contributed by atoms with E-state index in [9.17, 15) is 18.4 Å². The van der Waals surface area contributed by atoms with Gasteiger partial charge in [-0.05, 0) is 45.6 Å². The normalized spacial score (nSPS) is 29.7. The van der Waals surface area contributed by atoms with Gasteiger partial charge in [0.15, 0.2) is 0 Å². The molecule has 2 aliphatic rings. The average Bonchev–Trinajstić information content (AvgIpc) is 2.96. The Morgan fingerprint density at radius 2 is 2.14 bits per heavy atom. The second-order valence-electron chi connectivity index (χ2n) is 8.36. The molecular weight excluding hydrogens is 378 g/mol. The maximum atomic E-state index is 14.1. The maximum Gasteiger partial charge on any atom is 0.309 e. The number of ketones is 1. The number of hydrogen-bond acceptors (Lipinski definition) is 4. The molecule has 1 saturated carbocycles. The number of rotatable bonds is 8. The highest BCUT2D eigenvalue weighted by Crippen LogP contribution is 2.41. The zero-order valence-corrected chi connectivity index (χ0v) is 17.7. The van der Waals surface area contributed by atoms with Crippen molar-refractivity contribution in [2.24, 2.45) is 11.8 Å². The Morgan fingerprint density at radius 3 is 2.83 bits per heavy atom. The standard InChI is InChI=1S/C23H34F2O4/c1-4-5-14-23(24,25)21(26)13-12-18-17-10-8-6-7-9-11-22(27)29-20(17)15-19(18)28-16(2)3/h6,8,12-13,16-20H,4-5,7,9-11,14-15H2,1-3H3/b8-6-,13-12+/t17-,18-,19-,20+/m1/s1. The van der Waals surface area contributed by atoms with Crippen LogP contribution in [0.1, 0.15) is 72.1 Å². The molecule has 0 aromatic heterocycles.